The molecule has 0 aromatic heterocycles. The lowest BCUT2D eigenvalue weighted by Crippen LogP contribution is -2.38. The van der Waals surface area contributed by atoms with Gasteiger partial charge in [0, 0.05) is 12.2 Å². The van der Waals surface area contributed by atoms with Crippen molar-refractivity contribution in [3.63, 3.8) is 0 Å². The van der Waals surface area contributed by atoms with Gasteiger partial charge in [-0.15, -0.1) is 0 Å². The van der Waals surface area contributed by atoms with E-state index in [1.807, 2.05) is 0 Å². The van der Waals surface area contributed by atoms with Crippen LogP contribution in [0.4, 0.5) is 10.1 Å². The van der Waals surface area contributed by atoms with Gasteiger partial charge >= 0.3 is 11.8 Å². The first-order chi connectivity index (χ1) is 10.5. The Morgan fingerprint density at radius 3 is 2.59 bits per heavy atom. The number of anilines is 1. The van der Waals surface area contributed by atoms with E-state index >= 15 is 0 Å². The highest BCUT2D eigenvalue weighted by Crippen LogP contribution is 2.19. The standard InChI is InChI=1S/C16H22ClFN2O2/c1-3-5-6-11(4-2)10-19-15(21)16(22)20-12-7-8-14(18)13(17)9-12/h7-9,11H,3-6,10H2,1-2H3,(H,19,21)(H,20,22)/t11-/m0/s1. The highest BCUT2D eigenvalue weighted by Gasteiger charge is 2.16. The number of carbonyl (C=O) groups excluding carboxylic acids is 2. The molecule has 0 aliphatic carbocycles. The van der Waals surface area contributed by atoms with Crippen molar-refractivity contribution in [2.45, 2.75) is 39.5 Å². The summed E-state index contributed by atoms with van der Waals surface area (Å²) < 4.78 is 13.0. The zero-order chi connectivity index (χ0) is 16.5. The van der Waals surface area contributed by atoms with Crippen LogP contribution in [0, 0.1) is 11.7 Å². The Morgan fingerprint density at radius 2 is 2.00 bits per heavy atom. The van der Waals surface area contributed by atoms with Crippen LogP contribution in [0.3, 0.4) is 0 Å². The Bertz CT molecular complexity index is 523. The van der Waals surface area contributed by atoms with Gasteiger partial charge in [0.25, 0.3) is 0 Å². The Balaban J connectivity index is 2.47. The number of nitrogens with one attached hydrogen (secondary N) is 2. The maximum atomic E-state index is 13.0. The number of carbonyl (C=O) groups is 2. The van der Waals surface area contributed by atoms with Gasteiger partial charge in [0.2, 0.25) is 0 Å². The summed E-state index contributed by atoms with van der Waals surface area (Å²) in [5.74, 6) is -1.69. The molecule has 1 atom stereocenters. The number of rotatable bonds is 7. The second-order valence-electron chi connectivity index (χ2n) is 5.21. The summed E-state index contributed by atoms with van der Waals surface area (Å²) in [6.07, 6.45) is 4.20. The third kappa shape index (κ3) is 6.02. The molecule has 6 heteroatoms. The number of benzene rings is 1. The molecule has 1 aromatic carbocycles. The number of hydrogen-bond donors (Lipinski definition) is 2. The van der Waals surface area contributed by atoms with Crippen LogP contribution in [0.5, 0.6) is 0 Å². The molecule has 4 nitrogen and oxygen atoms in total. The third-order valence-electron chi connectivity index (χ3n) is 3.48. The number of halogens is 2. The average molecular weight is 329 g/mol. The Labute approximate surface area is 135 Å². The van der Waals surface area contributed by atoms with Gasteiger partial charge in [-0.1, -0.05) is 44.7 Å². The fourth-order valence-electron chi connectivity index (χ4n) is 2.02. The predicted molar refractivity (Wildman–Crippen MR) is 86.4 cm³/mol. The fraction of sp³-hybridized carbons (Fsp3) is 0.500. The normalized spacial score (nSPS) is 11.8. The maximum absolute atomic E-state index is 13.0. The predicted octanol–water partition coefficient (Wildman–Crippen LogP) is 3.75. The van der Waals surface area contributed by atoms with Crippen LogP contribution in [0.2, 0.25) is 5.02 Å². The molecular weight excluding hydrogens is 307 g/mol. The minimum Gasteiger partial charge on any atom is -0.348 e. The molecule has 0 fully saturated rings. The molecule has 0 aliphatic rings. The Kier molecular flexibility index (Phi) is 7.88. The summed E-state index contributed by atoms with van der Waals surface area (Å²) >= 11 is 5.62. The molecule has 122 valence electrons. The molecule has 0 heterocycles. The highest BCUT2D eigenvalue weighted by atomic mass is 35.5. The molecule has 2 N–H and O–H groups in total. The number of unbranched alkanes of at least 4 members (excludes halogenated alkanes) is 1. The van der Waals surface area contributed by atoms with E-state index in [9.17, 15) is 14.0 Å². The van der Waals surface area contributed by atoms with E-state index in [0.717, 1.165) is 31.7 Å². The summed E-state index contributed by atoms with van der Waals surface area (Å²) in [5.41, 5.74) is 0.282. The van der Waals surface area contributed by atoms with Crippen molar-refractivity contribution in [3.8, 4) is 0 Å². The van der Waals surface area contributed by atoms with E-state index in [4.69, 9.17) is 11.6 Å². The molecule has 1 aromatic rings. The van der Waals surface area contributed by atoms with E-state index < -0.39 is 17.6 Å². The van der Waals surface area contributed by atoms with Crippen molar-refractivity contribution in [2.75, 3.05) is 11.9 Å². The number of hydrogen-bond acceptors (Lipinski definition) is 2. The minimum atomic E-state index is -0.784. The van der Waals surface area contributed by atoms with Gasteiger partial charge in [0.1, 0.15) is 5.82 Å². The SMILES string of the molecule is CCCC[C@H](CC)CNC(=O)C(=O)Nc1ccc(F)c(Cl)c1. The molecule has 0 spiro atoms. The van der Waals surface area contributed by atoms with Crippen molar-refractivity contribution in [1.29, 1.82) is 0 Å². The molecule has 0 bridgehead atoms. The second-order valence-corrected chi connectivity index (χ2v) is 5.62. The van der Waals surface area contributed by atoms with Crippen molar-refractivity contribution < 1.29 is 14.0 Å². The smallest absolute Gasteiger partial charge is 0.313 e. The minimum absolute atomic E-state index is 0.108. The maximum Gasteiger partial charge on any atom is 0.313 e. The third-order valence-corrected chi connectivity index (χ3v) is 3.77. The van der Waals surface area contributed by atoms with Crippen LogP contribution in [0.25, 0.3) is 0 Å². The second kappa shape index (κ2) is 9.41. The molecule has 0 unspecified atom stereocenters. The van der Waals surface area contributed by atoms with Crippen LogP contribution in [-0.4, -0.2) is 18.4 Å². The van der Waals surface area contributed by atoms with Crippen molar-refractivity contribution >= 4 is 29.1 Å². The molecule has 2 amide bonds. The fourth-order valence-corrected chi connectivity index (χ4v) is 2.20. The van der Waals surface area contributed by atoms with E-state index in [0.29, 0.717) is 12.5 Å². The largest absolute Gasteiger partial charge is 0.348 e. The van der Waals surface area contributed by atoms with Crippen LogP contribution in [-0.2, 0) is 9.59 Å². The number of amides is 2. The van der Waals surface area contributed by atoms with E-state index in [1.165, 1.54) is 12.1 Å². The first-order valence-electron chi connectivity index (χ1n) is 7.52. The van der Waals surface area contributed by atoms with E-state index in [1.54, 1.807) is 0 Å². The van der Waals surface area contributed by atoms with Crippen molar-refractivity contribution in [2.24, 2.45) is 5.92 Å². The summed E-state index contributed by atoms with van der Waals surface area (Å²) in [6, 6.07) is 3.74. The molecule has 0 aliphatic heterocycles. The monoisotopic (exact) mass is 328 g/mol. The molecule has 1 rings (SSSR count). The van der Waals surface area contributed by atoms with Gasteiger partial charge in [0.05, 0.1) is 5.02 Å². The molecule has 0 saturated heterocycles. The van der Waals surface area contributed by atoms with Gasteiger partial charge < -0.3 is 10.6 Å². The van der Waals surface area contributed by atoms with E-state index in [-0.39, 0.29) is 10.7 Å². The van der Waals surface area contributed by atoms with E-state index in [2.05, 4.69) is 24.5 Å². The lowest BCUT2D eigenvalue weighted by molar-refractivity contribution is -0.136. The van der Waals surface area contributed by atoms with Crippen LogP contribution < -0.4 is 10.6 Å². The average Bonchev–Trinajstić information content (AvgIpc) is 2.50. The topological polar surface area (TPSA) is 58.2 Å². The lowest BCUT2D eigenvalue weighted by Gasteiger charge is -2.15. The first kappa shape index (κ1) is 18.4. The van der Waals surface area contributed by atoms with Gasteiger partial charge in [-0.2, -0.15) is 0 Å². The quantitative estimate of drug-likeness (QED) is 0.749. The van der Waals surface area contributed by atoms with Gasteiger partial charge in [-0.25, -0.2) is 4.39 Å². The summed E-state index contributed by atoms with van der Waals surface area (Å²) in [6.45, 7) is 4.66. The van der Waals surface area contributed by atoms with Gasteiger partial charge in [-0.05, 0) is 30.5 Å². The van der Waals surface area contributed by atoms with Gasteiger partial charge in [0.15, 0.2) is 0 Å². The zero-order valence-electron chi connectivity index (χ0n) is 12.9. The van der Waals surface area contributed by atoms with Crippen LogP contribution in [0.1, 0.15) is 39.5 Å². The van der Waals surface area contributed by atoms with Crippen LogP contribution >= 0.6 is 11.6 Å². The first-order valence-corrected chi connectivity index (χ1v) is 7.89. The van der Waals surface area contributed by atoms with Gasteiger partial charge in [-0.3, -0.25) is 9.59 Å². The summed E-state index contributed by atoms with van der Waals surface area (Å²) in [4.78, 5) is 23.5. The molecule has 0 radical (unpaired) electrons. The molecular formula is C16H22ClFN2O2. The van der Waals surface area contributed by atoms with Crippen LogP contribution in [0.15, 0.2) is 18.2 Å². The van der Waals surface area contributed by atoms with Crippen molar-refractivity contribution in [1.82, 2.24) is 5.32 Å². The molecule has 22 heavy (non-hydrogen) atoms. The lowest BCUT2D eigenvalue weighted by atomic mass is 9.99. The summed E-state index contributed by atoms with van der Waals surface area (Å²) in [7, 11) is 0. The highest BCUT2D eigenvalue weighted by molar-refractivity contribution is 6.39. The van der Waals surface area contributed by atoms with Crippen molar-refractivity contribution in [3.05, 3.63) is 29.0 Å². The molecule has 0 saturated carbocycles. The summed E-state index contributed by atoms with van der Waals surface area (Å²) in [5, 5.41) is 4.92. The Morgan fingerprint density at radius 1 is 1.27 bits per heavy atom. The zero-order valence-corrected chi connectivity index (χ0v) is 13.7. The Hall–Kier alpha value is -1.62.